The van der Waals surface area contributed by atoms with Crippen LogP contribution in [0.15, 0.2) is 24.3 Å². The van der Waals surface area contributed by atoms with Crippen molar-refractivity contribution >= 4 is 22.6 Å². The Morgan fingerprint density at radius 3 is 3.15 bits per heavy atom. The molecule has 0 spiro atoms. The molecule has 0 aliphatic carbocycles. The first-order chi connectivity index (χ1) is 13.2. The molecule has 7 heteroatoms. The van der Waals surface area contributed by atoms with Crippen molar-refractivity contribution in [2.24, 2.45) is 5.92 Å². The minimum absolute atomic E-state index is 0.0429. The van der Waals surface area contributed by atoms with Crippen LogP contribution in [0.4, 0.5) is 5.13 Å². The Kier molecular flexibility index (Phi) is 7.04. The lowest BCUT2D eigenvalue weighted by Crippen LogP contribution is -2.43. The number of benzene rings is 1. The molecule has 1 aliphatic heterocycles. The molecule has 1 aliphatic rings. The van der Waals surface area contributed by atoms with E-state index in [0.29, 0.717) is 6.42 Å². The van der Waals surface area contributed by atoms with Crippen LogP contribution in [0.3, 0.4) is 0 Å². The second kappa shape index (κ2) is 9.69. The lowest BCUT2D eigenvalue weighted by Gasteiger charge is -2.31. The number of hydrogen-bond acceptors (Lipinski definition) is 6. The largest absolute Gasteiger partial charge is 0.497 e. The molecular formula is C20H28N4O2S. The molecule has 27 heavy (non-hydrogen) atoms. The maximum absolute atomic E-state index is 12.4. The number of methoxy groups -OCH3 is 1. The molecule has 1 N–H and O–H groups in total. The van der Waals surface area contributed by atoms with Crippen LogP contribution in [-0.2, 0) is 11.2 Å². The van der Waals surface area contributed by atoms with E-state index in [-0.39, 0.29) is 11.8 Å². The number of aromatic nitrogens is 2. The third-order valence-corrected chi connectivity index (χ3v) is 5.66. The molecule has 0 saturated carbocycles. The van der Waals surface area contributed by atoms with E-state index >= 15 is 0 Å². The smallest absolute Gasteiger partial charge is 0.224 e. The number of nitrogens with zero attached hydrogens (tertiary/aromatic N) is 3. The summed E-state index contributed by atoms with van der Waals surface area (Å²) in [6.07, 6.45) is 4.77. The van der Waals surface area contributed by atoms with Crippen molar-refractivity contribution in [3.63, 3.8) is 0 Å². The maximum atomic E-state index is 12.4. The molecule has 2 aromatic rings. The first kappa shape index (κ1) is 19.6. The third kappa shape index (κ3) is 5.42. The Labute approximate surface area is 165 Å². The average Bonchev–Trinajstić information content (AvgIpc) is 3.17. The van der Waals surface area contributed by atoms with E-state index in [4.69, 9.17) is 9.72 Å². The number of carbonyl (C=O) groups is 1. The van der Waals surface area contributed by atoms with Gasteiger partial charge in [-0.05, 0) is 37.0 Å². The van der Waals surface area contributed by atoms with E-state index in [9.17, 15) is 4.79 Å². The molecule has 0 bridgehead atoms. The highest BCUT2D eigenvalue weighted by molar-refractivity contribution is 7.09. The summed E-state index contributed by atoms with van der Waals surface area (Å²) < 4.78 is 9.80. The van der Waals surface area contributed by atoms with Gasteiger partial charge in [0, 0.05) is 37.6 Å². The minimum Gasteiger partial charge on any atom is -0.497 e. The van der Waals surface area contributed by atoms with E-state index in [2.05, 4.69) is 27.6 Å². The fraction of sp³-hybridized carbons (Fsp3) is 0.550. The number of hydrogen-bond donors (Lipinski definition) is 1. The Morgan fingerprint density at radius 1 is 1.44 bits per heavy atom. The van der Waals surface area contributed by atoms with Crippen molar-refractivity contribution in [2.45, 2.75) is 39.0 Å². The van der Waals surface area contributed by atoms with Gasteiger partial charge in [0.05, 0.1) is 13.0 Å². The molecule has 3 rings (SSSR count). The molecule has 1 saturated heterocycles. The van der Waals surface area contributed by atoms with Gasteiger partial charge in [0.1, 0.15) is 11.6 Å². The first-order valence-electron chi connectivity index (χ1n) is 9.67. The van der Waals surface area contributed by atoms with E-state index in [0.717, 1.165) is 67.6 Å². The first-order valence-corrected chi connectivity index (χ1v) is 10.4. The van der Waals surface area contributed by atoms with Gasteiger partial charge >= 0.3 is 0 Å². The summed E-state index contributed by atoms with van der Waals surface area (Å²) in [6.45, 7) is 4.57. The number of unbranched alkanes of at least 4 members (excludes halogenated alkanes) is 1. The second-order valence-electron chi connectivity index (χ2n) is 6.95. The summed E-state index contributed by atoms with van der Waals surface area (Å²) in [7, 11) is 1.67. The van der Waals surface area contributed by atoms with Crippen LogP contribution in [0.5, 0.6) is 5.75 Å². The van der Waals surface area contributed by atoms with Crippen LogP contribution >= 0.6 is 11.5 Å². The molecule has 1 aromatic carbocycles. The predicted molar refractivity (Wildman–Crippen MR) is 109 cm³/mol. The van der Waals surface area contributed by atoms with Crippen LogP contribution in [0.1, 0.15) is 44.0 Å². The fourth-order valence-corrected chi connectivity index (χ4v) is 4.03. The zero-order valence-corrected chi connectivity index (χ0v) is 16.9. The maximum Gasteiger partial charge on any atom is 0.224 e. The van der Waals surface area contributed by atoms with Crippen molar-refractivity contribution in [3.8, 4) is 5.75 Å². The zero-order valence-electron chi connectivity index (χ0n) is 16.1. The van der Waals surface area contributed by atoms with Crippen LogP contribution < -0.4 is 15.0 Å². The summed E-state index contributed by atoms with van der Waals surface area (Å²) in [4.78, 5) is 19.3. The molecule has 6 nitrogen and oxygen atoms in total. The highest BCUT2D eigenvalue weighted by Gasteiger charge is 2.27. The van der Waals surface area contributed by atoms with E-state index in [1.807, 2.05) is 18.2 Å². The minimum atomic E-state index is 0.0429. The van der Waals surface area contributed by atoms with Gasteiger partial charge in [-0.3, -0.25) is 4.79 Å². The Balaban J connectivity index is 1.59. The van der Waals surface area contributed by atoms with Gasteiger partial charge in [-0.15, -0.1) is 0 Å². The Hall–Kier alpha value is -2.15. The summed E-state index contributed by atoms with van der Waals surface area (Å²) in [6, 6.07) is 7.98. The van der Waals surface area contributed by atoms with Gasteiger partial charge in [-0.25, -0.2) is 4.98 Å². The van der Waals surface area contributed by atoms with Crippen molar-refractivity contribution in [3.05, 3.63) is 35.7 Å². The van der Waals surface area contributed by atoms with Crippen LogP contribution in [0.25, 0.3) is 0 Å². The molecule has 1 amide bonds. The summed E-state index contributed by atoms with van der Waals surface area (Å²) in [5.74, 6) is 1.88. The van der Waals surface area contributed by atoms with Crippen LogP contribution in [0.2, 0.25) is 0 Å². The van der Waals surface area contributed by atoms with Crippen molar-refractivity contribution < 1.29 is 9.53 Å². The summed E-state index contributed by atoms with van der Waals surface area (Å²) in [5, 5.41) is 3.98. The van der Waals surface area contributed by atoms with Crippen molar-refractivity contribution in [1.29, 1.82) is 0 Å². The van der Waals surface area contributed by atoms with Gasteiger partial charge < -0.3 is 15.0 Å². The lowest BCUT2D eigenvalue weighted by molar-refractivity contribution is -0.125. The van der Waals surface area contributed by atoms with Crippen LogP contribution in [0, 0.1) is 5.92 Å². The molecule has 1 aromatic heterocycles. The molecule has 2 heterocycles. The molecular weight excluding hydrogens is 360 g/mol. The van der Waals surface area contributed by atoms with E-state index in [1.54, 1.807) is 7.11 Å². The average molecular weight is 389 g/mol. The topological polar surface area (TPSA) is 67.4 Å². The predicted octanol–water partition coefficient (Wildman–Crippen LogP) is 3.27. The van der Waals surface area contributed by atoms with Crippen molar-refractivity contribution in [1.82, 2.24) is 14.7 Å². The third-order valence-electron chi connectivity index (χ3n) is 4.85. The molecule has 1 atom stereocenters. The molecule has 1 unspecified atom stereocenters. The monoisotopic (exact) mass is 388 g/mol. The quantitative estimate of drug-likeness (QED) is 0.703. The number of carbonyl (C=O) groups excluding carboxylic acids is 1. The number of amides is 1. The fourth-order valence-electron chi connectivity index (χ4n) is 3.31. The normalized spacial score (nSPS) is 17.0. The molecule has 146 valence electrons. The summed E-state index contributed by atoms with van der Waals surface area (Å²) >= 11 is 1.42. The lowest BCUT2D eigenvalue weighted by atomic mass is 9.97. The van der Waals surface area contributed by atoms with Gasteiger partial charge in [0.25, 0.3) is 0 Å². The van der Waals surface area contributed by atoms with Gasteiger partial charge in [0.2, 0.25) is 11.0 Å². The number of rotatable bonds is 8. The second-order valence-corrected chi connectivity index (χ2v) is 7.68. The van der Waals surface area contributed by atoms with E-state index in [1.165, 1.54) is 11.5 Å². The number of ether oxygens (including phenoxy) is 1. The zero-order chi connectivity index (χ0) is 19.1. The standard InChI is InChI=1S/C20H28N4O2S/c1-3-4-10-21-19(25)16-8-6-11-24(14-16)20-22-18(23-27-20)13-15-7-5-9-17(12-15)26-2/h5,7,9,12,16H,3-4,6,8,10-11,13-14H2,1-2H3,(H,21,25). The van der Waals surface area contributed by atoms with Gasteiger partial charge in [-0.2, -0.15) is 4.37 Å². The number of piperidine rings is 1. The Bertz CT molecular complexity index is 749. The Morgan fingerprint density at radius 2 is 2.33 bits per heavy atom. The molecule has 0 radical (unpaired) electrons. The highest BCUT2D eigenvalue weighted by atomic mass is 32.1. The van der Waals surface area contributed by atoms with Crippen molar-refractivity contribution in [2.75, 3.05) is 31.6 Å². The van der Waals surface area contributed by atoms with Crippen LogP contribution in [-0.4, -0.2) is 42.0 Å². The van der Waals surface area contributed by atoms with Gasteiger partial charge in [-0.1, -0.05) is 25.5 Å². The molecule has 1 fully saturated rings. The summed E-state index contributed by atoms with van der Waals surface area (Å²) in [5.41, 5.74) is 1.13. The number of nitrogens with one attached hydrogen (secondary N) is 1. The highest BCUT2D eigenvalue weighted by Crippen LogP contribution is 2.26. The number of anilines is 1. The van der Waals surface area contributed by atoms with E-state index < -0.39 is 0 Å². The van der Waals surface area contributed by atoms with Gasteiger partial charge in [0.15, 0.2) is 0 Å². The SMILES string of the molecule is CCCCNC(=O)C1CCCN(c2nc(Cc3cccc(OC)c3)ns2)C1.